The van der Waals surface area contributed by atoms with Gasteiger partial charge in [-0.2, -0.15) is 35.1 Å². The molecule has 0 aliphatic carbocycles. The molecule has 3 aromatic rings. The number of pyridine rings is 1. The van der Waals surface area contributed by atoms with Crippen LogP contribution in [-0.4, -0.2) is 23.0 Å². The molecule has 3 nitrogen and oxygen atoms in total. The maximum atomic E-state index is 15.0. The summed E-state index contributed by atoms with van der Waals surface area (Å²) in [7, 11) is 0. The molecular weight excluding hydrogens is 503 g/mol. The van der Waals surface area contributed by atoms with Crippen molar-refractivity contribution in [3.63, 3.8) is 0 Å². The van der Waals surface area contributed by atoms with Crippen LogP contribution in [0.15, 0.2) is 55.1 Å². The number of anilines is 1. The van der Waals surface area contributed by atoms with Gasteiger partial charge < -0.3 is 5.32 Å². The van der Waals surface area contributed by atoms with Crippen molar-refractivity contribution in [2.24, 2.45) is 0 Å². The molecule has 0 saturated carbocycles. The summed E-state index contributed by atoms with van der Waals surface area (Å²) in [5, 5.41) is 2.62. The van der Waals surface area contributed by atoms with E-state index in [2.05, 4.69) is 16.9 Å². The van der Waals surface area contributed by atoms with Gasteiger partial charge in [-0.25, -0.2) is 9.37 Å². The van der Waals surface area contributed by atoms with E-state index in [9.17, 15) is 44.3 Å². The highest BCUT2D eigenvalue weighted by molar-refractivity contribution is 6.06. The van der Waals surface area contributed by atoms with Crippen molar-refractivity contribution in [1.82, 2.24) is 4.98 Å². The zero-order valence-electron chi connectivity index (χ0n) is 18.6. The first-order chi connectivity index (χ1) is 16.4. The summed E-state index contributed by atoms with van der Waals surface area (Å²) < 4.78 is 122. The molecule has 12 heteroatoms. The van der Waals surface area contributed by atoms with Crippen molar-refractivity contribution in [2.75, 3.05) is 5.32 Å². The highest BCUT2D eigenvalue weighted by Crippen LogP contribution is 2.53. The Hall–Kier alpha value is -3.57. The average molecular weight is 520 g/mol. The van der Waals surface area contributed by atoms with Crippen LogP contribution in [0.4, 0.5) is 45.2 Å². The molecule has 0 bridgehead atoms. The third-order valence-corrected chi connectivity index (χ3v) is 5.52. The number of carbonyl (C=O) groups is 1. The Balaban J connectivity index is 1.98. The standard InChI is InChI=1S/C24H17F9N2O/c1-4-21(25,26)22(27,24(31,32)33)16-9-12(2)19(13(3)10-16)35-20(36)15-5-7-17-14(11-15)6-8-18(34-17)23(28,29)30/h4-11H,1H2,2-3H3,(H,35,36). The summed E-state index contributed by atoms with van der Waals surface area (Å²) in [5.41, 5.74) is -7.95. The summed E-state index contributed by atoms with van der Waals surface area (Å²) >= 11 is 0. The molecule has 0 saturated heterocycles. The van der Waals surface area contributed by atoms with Gasteiger partial charge in [0.25, 0.3) is 11.6 Å². The molecule has 0 aliphatic heterocycles. The molecule has 1 heterocycles. The summed E-state index contributed by atoms with van der Waals surface area (Å²) in [6.07, 6.45) is -11.1. The van der Waals surface area contributed by atoms with E-state index in [1.807, 2.05) is 0 Å². The number of amides is 1. The molecule has 192 valence electrons. The predicted octanol–water partition coefficient (Wildman–Crippen LogP) is 7.67. The minimum absolute atomic E-state index is 0.0275. The van der Waals surface area contributed by atoms with Gasteiger partial charge in [0.2, 0.25) is 0 Å². The summed E-state index contributed by atoms with van der Waals surface area (Å²) in [6.45, 7) is 4.99. The Bertz CT molecular complexity index is 1320. The van der Waals surface area contributed by atoms with Gasteiger partial charge in [-0.3, -0.25) is 4.79 Å². The Morgan fingerprint density at radius 1 is 0.889 bits per heavy atom. The number of alkyl halides is 9. The number of hydrogen-bond acceptors (Lipinski definition) is 2. The highest BCUT2D eigenvalue weighted by Gasteiger charge is 2.71. The largest absolute Gasteiger partial charge is 0.433 e. The maximum Gasteiger partial charge on any atom is 0.433 e. The van der Waals surface area contributed by atoms with Crippen LogP contribution in [0.2, 0.25) is 0 Å². The van der Waals surface area contributed by atoms with E-state index < -0.39 is 47.2 Å². The van der Waals surface area contributed by atoms with Crippen molar-refractivity contribution in [3.05, 3.63) is 83.1 Å². The van der Waals surface area contributed by atoms with Crippen molar-refractivity contribution in [1.29, 1.82) is 0 Å². The normalized spacial score (nSPS) is 14.4. The quantitative estimate of drug-likeness (QED) is 0.277. The minimum Gasteiger partial charge on any atom is -0.322 e. The molecule has 0 aliphatic rings. The van der Waals surface area contributed by atoms with Gasteiger partial charge in [-0.05, 0) is 55.3 Å². The lowest BCUT2D eigenvalue weighted by atomic mass is 9.85. The van der Waals surface area contributed by atoms with Crippen molar-refractivity contribution in [2.45, 2.75) is 37.8 Å². The topological polar surface area (TPSA) is 42.0 Å². The van der Waals surface area contributed by atoms with Gasteiger partial charge >= 0.3 is 18.3 Å². The van der Waals surface area contributed by atoms with E-state index >= 15 is 0 Å². The fraction of sp³-hybridized carbons (Fsp3) is 0.250. The van der Waals surface area contributed by atoms with E-state index in [1.165, 1.54) is 32.0 Å². The van der Waals surface area contributed by atoms with Gasteiger partial charge in [0.1, 0.15) is 5.69 Å². The molecule has 0 fully saturated rings. The third kappa shape index (κ3) is 4.63. The van der Waals surface area contributed by atoms with Crippen molar-refractivity contribution in [3.8, 4) is 0 Å². The van der Waals surface area contributed by atoms with Crippen LogP contribution in [0.3, 0.4) is 0 Å². The number of carbonyl (C=O) groups excluding carboxylic acids is 1. The molecule has 2 aromatic carbocycles. The minimum atomic E-state index is -5.99. The number of hydrogen-bond donors (Lipinski definition) is 1. The number of fused-ring (bicyclic) bond motifs is 1. The van der Waals surface area contributed by atoms with Crippen LogP contribution in [0.25, 0.3) is 10.9 Å². The number of nitrogens with one attached hydrogen (secondary N) is 1. The molecular formula is C24H17F9N2O. The first-order valence-corrected chi connectivity index (χ1v) is 10.1. The fourth-order valence-electron chi connectivity index (χ4n) is 3.66. The molecule has 36 heavy (non-hydrogen) atoms. The van der Waals surface area contributed by atoms with Crippen LogP contribution in [0.5, 0.6) is 0 Å². The number of allylic oxidation sites excluding steroid dienone is 1. The zero-order chi connectivity index (χ0) is 27.3. The van der Waals surface area contributed by atoms with Gasteiger partial charge in [0.05, 0.1) is 5.52 Å². The van der Waals surface area contributed by atoms with E-state index in [4.69, 9.17) is 0 Å². The zero-order valence-corrected chi connectivity index (χ0v) is 18.6. The summed E-state index contributed by atoms with van der Waals surface area (Å²) in [6, 6.07) is 6.57. The van der Waals surface area contributed by atoms with E-state index in [0.29, 0.717) is 12.1 Å². The Morgan fingerprint density at radius 3 is 1.97 bits per heavy atom. The molecule has 1 aromatic heterocycles. The number of aromatic nitrogens is 1. The van der Waals surface area contributed by atoms with Gasteiger partial charge in [-0.15, -0.1) is 0 Å². The van der Waals surface area contributed by atoms with E-state index in [0.717, 1.165) is 12.1 Å². The van der Waals surface area contributed by atoms with E-state index in [1.54, 1.807) is 0 Å². The molecule has 3 rings (SSSR count). The van der Waals surface area contributed by atoms with Crippen molar-refractivity contribution >= 4 is 22.5 Å². The Labute approximate surface area is 198 Å². The molecule has 1 unspecified atom stereocenters. The SMILES string of the molecule is C=CC(F)(F)C(F)(c1cc(C)c(NC(=O)c2ccc3nc(C(F)(F)F)ccc3c2)c(C)c1)C(F)(F)F. The Kier molecular flexibility index (Phi) is 6.62. The predicted molar refractivity (Wildman–Crippen MR) is 115 cm³/mol. The van der Waals surface area contributed by atoms with Gasteiger partial charge in [0.15, 0.2) is 0 Å². The molecule has 0 radical (unpaired) electrons. The second-order valence-corrected chi connectivity index (χ2v) is 8.02. The lowest BCUT2D eigenvalue weighted by Gasteiger charge is -2.34. The van der Waals surface area contributed by atoms with E-state index in [-0.39, 0.29) is 33.3 Å². The Morgan fingerprint density at radius 2 is 1.47 bits per heavy atom. The second-order valence-electron chi connectivity index (χ2n) is 8.02. The lowest BCUT2D eigenvalue weighted by molar-refractivity contribution is -0.296. The maximum absolute atomic E-state index is 15.0. The van der Waals surface area contributed by atoms with Crippen LogP contribution in [0.1, 0.15) is 32.7 Å². The smallest absolute Gasteiger partial charge is 0.322 e. The summed E-state index contributed by atoms with van der Waals surface area (Å²) in [4.78, 5) is 16.2. The first kappa shape index (κ1) is 27.0. The van der Waals surface area contributed by atoms with Crippen LogP contribution in [-0.2, 0) is 11.8 Å². The van der Waals surface area contributed by atoms with Crippen molar-refractivity contribution < 1.29 is 44.3 Å². The van der Waals surface area contributed by atoms with Gasteiger partial charge in [0, 0.05) is 22.2 Å². The third-order valence-electron chi connectivity index (χ3n) is 5.52. The summed E-state index contributed by atoms with van der Waals surface area (Å²) in [5.74, 6) is -5.78. The molecule has 1 amide bonds. The molecule has 0 spiro atoms. The fourth-order valence-corrected chi connectivity index (χ4v) is 3.66. The number of benzene rings is 2. The van der Waals surface area contributed by atoms with Crippen LogP contribution in [0, 0.1) is 13.8 Å². The number of aryl methyl sites for hydroxylation is 2. The highest BCUT2D eigenvalue weighted by atomic mass is 19.4. The van der Waals surface area contributed by atoms with Crippen LogP contribution < -0.4 is 5.32 Å². The lowest BCUT2D eigenvalue weighted by Crippen LogP contribution is -2.51. The number of nitrogens with zero attached hydrogens (tertiary/aromatic N) is 1. The monoisotopic (exact) mass is 520 g/mol. The number of rotatable bonds is 5. The number of halogens is 9. The van der Waals surface area contributed by atoms with Gasteiger partial charge in [-0.1, -0.05) is 24.8 Å². The molecule has 1 N–H and O–H groups in total. The second kappa shape index (κ2) is 8.82. The molecule has 1 atom stereocenters. The first-order valence-electron chi connectivity index (χ1n) is 10.1. The average Bonchev–Trinajstić information content (AvgIpc) is 2.78. The van der Waals surface area contributed by atoms with Crippen LogP contribution >= 0.6 is 0 Å².